The summed E-state index contributed by atoms with van der Waals surface area (Å²) in [4.78, 5) is 2.63. The molecule has 0 aromatic heterocycles. The van der Waals surface area contributed by atoms with E-state index in [1.807, 2.05) is 0 Å². The van der Waals surface area contributed by atoms with E-state index in [1.54, 1.807) is 0 Å². The predicted octanol–water partition coefficient (Wildman–Crippen LogP) is 8.79. The van der Waals surface area contributed by atoms with E-state index >= 15 is 0 Å². The molecule has 2 nitrogen and oxygen atoms in total. The first-order valence-electron chi connectivity index (χ1n) is 15.4. The summed E-state index contributed by atoms with van der Waals surface area (Å²) in [5.74, 6) is 0.438. The number of hydrogen-bond donors (Lipinski definition) is 1. The summed E-state index contributed by atoms with van der Waals surface area (Å²) >= 11 is 0. The van der Waals surface area contributed by atoms with Crippen LogP contribution < -0.4 is 5.73 Å². The highest BCUT2D eigenvalue weighted by atomic mass is 15.1. The van der Waals surface area contributed by atoms with Gasteiger partial charge in [-0.1, -0.05) is 129 Å². The first kappa shape index (κ1) is 28.3. The second-order valence-electron chi connectivity index (χ2n) is 11.8. The fourth-order valence-electron chi connectivity index (χ4n) is 6.50. The average molecular weight is 531 g/mol. The standard InChI is InChI=1S/C38H46N2/c1-2-3-6-12-31-20-24-37(25-21-31)38(39,29-32-18-22-35(23-19-32)34-15-9-5-10-16-34)36-17-11-27-40(28-26-36)30-33-13-7-4-8-14-33/h4-5,7-10,13-16,18-25,36H,2-3,6,11-12,17,26-30,39H2,1H3. The second-order valence-corrected chi connectivity index (χ2v) is 11.8. The van der Waals surface area contributed by atoms with Gasteiger partial charge in [-0.15, -0.1) is 0 Å². The average Bonchev–Trinajstić information content (AvgIpc) is 3.25. The molecule has 0 spiro atoms. The summed E-state index contributed by atoms with van der Waals surface area (Å²) in [6.45, 7) is 5.54. The summed E-state index contributed by atoms with van der Waals surface area (Å²) in [5, 5.41) is 0. The van der Waals surface area contributed by atoms with Gasteiger partial charge in [0.15, 0.2) is 0 Å². The van der Waals surface area contributed by atoms with Gasteiger partial charge >= 0.3 is 0 Å². The van der Waals surface area contributed by atoms with Gasteiger partial charge in [0.1, 0.15) is 0 Å². The number of nitrogens with zero attached hydrogens (tertiary/aromatic N) is 1. The molecule has 0 amide bonds. The molecule has 40 heavy (non-hydrogen) atoms. The number of aryl methyl sites for hydroxylation is 1. The Hall–Kier alpha value is -3.20. The zero-order valence-electron chi connectivity index (χ0n) is 24.3. The maximum Gasteiger partial charge on any atom is 0.0479 e. The first-order chi connectivity index (χ1) is 19.6. The molecule has 1 fully saturated rings. The van der Waals surface area contributed by atoms with Gasteiger partial charge in [0.2, 0.25) is 0 Å². The maximum atomic E-state index is 7.60. The molecule has 208 valence electrons. The van der Waals surface area contributed by atoms with Gasteiger partial charge in [-0.05, 0) is 90.9 Å². The molecule has 2 atom stereocenters. The van der Waals surface area contributed by atoms with Crippen molar-refractivity contribution in [2.24, 2.45) is 11.7 Å². The Bertz CT molecular complexity index is 1280. The van der Waals surface area contributed by atoms with Crippen molar-refractivity contribution in [1.29, 1.82) is 0 Å². The van der Waals surface area contributed by atoms with Crippen molar-refractivity contribution in [2.45, 2.75) is 70.4 Å². The Morgan fingerprint density at radius 2 is 1.32 bits per heavy atom. The van der Waals surface area contributed by atoms with E-state index in [-0.39, 0.29) is 5.54 Å². The Balaban J connectivity index is 1.36. The minimum absolute atomic E-state index is 0.390. The van der Waals surface area contributed by atoms with Gasteiger partial charge in [0.25, 0.3) is 0 Å². The minimum atomic E-state index is -0.390. The topological polar surface area (TPSA) is 29.3 Å². The molecule has 4 aromatic carbocycles. The Kier molecular flexibility index (Phi) is 9.86. The maximum absolute atomic E-state index is 7.60. The van der Waals surface area contributed by atoms with Crippen molar-refractivity contribution in [3.63, 3.8) is 0 Å². The summed E-state index contributed by atoms with van der Waals surface area (Å²) in [5.41, 5.74) is 15.2. The quantitative estimate of drug-likeness (QED) is 0.196. The van der Waals surface area contributed by atoms with Crippen molar-refractivity contribution in [3.05, 3.63) is 131 Å². The molecule has 0 saturated carbocycles. The predicted molar refractivity (Wildman–Crippen MR) is 170 cm³/mol. The molecule has 0 aliphatic carbocycles. The third kappa shape index (κ3) is 7.30. The highest BCUT2D eigenvalue weighted by Gasteiger charge is 2.37. The van der Waals surface area contributed by atoms with Crippen LogP contribution in [-0.4, -0.2) is 18.0 Å². The van der Waals surface area contributed by atoms with Gasteiger partial charge in [-0.25, -0.2) is 0 Å². The SMILES string of the molecule is CCCCCc1ccc(C(N)(Cc2ccc(-c3ccccc3)cc2)C2CCCN(Cc3ccccc3)CC2)cc1. The highest BCUT2D eigenvalue weighted by Crippen LogP contribution is 2.38. The molecule has 1 heterocycles. The summed E-state index contributed by atoms with van der Waals surface area (Å²) in [6.07, 6.45) is 9.33. The van der Waals surface area contributed by atoms with Crippen molar-refractivity contribution in [1.82, 2.24) is 4.90 Å². The number of rotatable bonds is 11. The van der Waals surface area contributed by atoms with E-state index in [4.69, 9.17) is 5.73 Å². The van der Waals surface area contributed by atoms with Gasteiger partial charge < -0.3 is 5.73 Å². The van der Waals surface area contributed by atoms with Gasteiger partial charge in [0.05, 0.1) is 0 Å². The van der Waals surface area contributed by atoms with E-state index in [0.29, 0.717) is 5.92 Å². The number of nitrogens with two attached hydrogens (primary N) is 1. The number of benzene rings is 4. The van der Waals surface area contributed by atoms with Gasteiger partial charge in [-0.2, -0.15) is 0 Å². The van der Waals surface area contributed by atoms with Gasteiger partial charge in [0, 0.05) is 12.1 Å². The Labute approximate surface area is 242 Å². The van der Waals surface area contributed by atoms with Crippen LogP contribution >= 0.6 is 0 Å². The Morgan fingerprint density at radius 1 is 0.675 bits per heavy atom. The largest absolute Gasteiger partial charge is 0.321 e. The lowest BCUT2D eigenvalue weighted by molar-refractivity contribution is 0.228. The molecule has 1 saturated heterocycles. The fourth-order valence-corrected chi connectivity index (χ4v) is 6.50. The summed E-state index contributed by atoms with van der Waals surface area (Å²) in [7, 11) is 0. The lowest BCUT2D eigenvalue weighted by Gasteiger charge is -2.38. The zero-order valence-corrected chi connectivity index (χ0v) is 24.3. The molecule has 5 rings (SSSR count). The molecular formula is C38H46N2. The van der Waals surface area contributed by atoms with Crippen LogP contribution in [0.4, 0.5) is 0 Å². The van der Waals surface area contributed by atoms with Gasteiger partial charge in [-0.3, -0.25) is 4.90 Å². The van der Waals surface area contributed by atoms with E-state index in [2.05, 4.69) is 121 Å². The summed E-state index contributed by atoms with van der Waals surface area (Å²) in [6, 6.07) is 40.0. The minimum Gasteiger partial charge on any atom is -0.321 e. The van der Waals surface area contributed by atoms with E-state index in [9.17, 15) is 0 Å². The van der Waals surface area contributed by atoms with Crippen LogP contribution in [0.1, 0.15) is 67.7 Å². The van der Waals surface area contributed by atoms with E-state index < -0.39 is 0 Å². The molecule has 1 aliphatic rings. The van der Waals surface area contributed by atoms with Crippen LogP contribution in [0.2, 0.25) is 0 Å². The van der Waals surface area contributed by atoms with E-state index in [1.165, 1.54) is 65.5 Å². The van der Waals surface area contributed by atoms with E-state index in [0.717, 1.165) is 38.9 Å². The van der Waals surface area contributed by atoms with Crippen LogP contribution in [0.15, 0.2) is 109 Å². The molecular weight excluding hydrogens is 484 g/mol. The monoisotopic (exact) mass is 530 g/mol. The number of hydrogen-bond acceptors (Lipinski definition) is 2. The molecule has 2 N–H and O–H groups in total. The smallest absolute Gasteiger partial charge is 0.0479 e. The molecule has 0 radical (unpaired) electrons. The highest BCUT2D eigenvalue weighted by molar-refractivity contribution is 5.63. The van der Waals surface area contributed by atoms with Crippen LogP contribution in [0.5, 0.6) is 0 Å². The van der Waals surface area contributed by atoms with Crippen LogP contribution in [0.3, 0.4) is 0 Å². The van der Waals surface area contributed by atoms with Crippen LogP contribution in [0.25, 0.3) is 11.1 Å². The lowest BCUT2D eigenvalue weighted by Crippen LogP contribution is -2.46. The van der Waals surface area contributed by atoms with Crippen LogP contribution in [0, 0.1) is 5.92 Å². The van der Waals surface area contributed by atoms with Crippen molar-refractivity contribution >= 4 is 0 Å². The third-order valence-electron chi connectivity index (χ3n) is 8.92. The molecule has 4 aromatic rings. The van der Waals surface area contributed by atoms with Crippen molar-refractivity contribution in [2.75, 3.05) is 13.1 Å². The zero-order chi connectivity index (χ0) is 27.6. The first-order valence-corrected chi connectivity index (χ1v) is 15.4. The fraction of sp³-hybridized carbons (Fsp3) is 0.368. The number of unbranched alkanes of at least 4 members (excludes halogenated alkanes) is 2. The Morgan fingerprint density at radius 3 is 2.02 bits per heavy atom. The lowest BCUT2D eigenvalue weighted by atomic mass is 9.71. The van der Waals surface area contributed by atoms with Crippen molar-refractivity contribution < 1.29 is 0 Å². The normalized spacial score (nSPS) is 17.7. The van der Waals surface area contributed by atoms with Crippen LogP contribution in [-0.2, 0) is 24.9 Å². The molecule has 2 heteroatoms. The summed E-state index contributed by atoms with van der Waals surface area (Å²) < 4.78 is 0. The molecule has 2 unspecified atom stereocenters. The molecule has 1 aliphatic heterocycles. The van der Waals surface area contributed by atoms with Crippen molar-refractivity contribution in [3.8, 4) is 11.1 Å². The third-order valence-corrected chi connectivity index (χ3v) is 8.92. The second kappa shape index (κ2) is 13.9. The number of likely N-dealkylation sites (tertiary alicyclic amines) is 1. The molecule has 0 bridgehead atoms.